The van der Waals surface area contributed by atoms with E-state index in [0.717, 1.165) is 0 Å². The fraction of sp³-hybridized carbons (Fsp3) is 0.357. The molecule has 2 aromatic heterocycles. The highest BCUT2D eigenvalue weighted by Gasteiger charge is 2.16. The van der Waals surface area contributed by atoms with E-state index in [0.29, 0.717) is 28.5 Å². The zero-order chi connectivity index (χ0) is 14.0. The molecule has 2 rings (SSSR count). The summed E-state index contributed by atoms with van der Waals surface area (Å²) in [7, 11) is 1.58. The molecule has 0 saturated carbocycles. The fourth-order valence-corrected chi connectivity index (χ4v) is 1.79. The number of H-pyrrole nitrogens is 1. The Bertz CT molecular complexity index is 647. The summed E-state index contributed by atoms with van der Waals surface area (Å²) < 4.78 is 5.28. The van der Waals surface area contributed by atoms with Gasteiger partial charge in [0.05, 0.1) is 7.11 Å². The first-order chi connectivity index (χ1) is 9.04. The van der Waals surface area contributed by atoms with Gasteiger partial charge >= 0.3 is 0 Å². The average molecular weight is 259 g/mol. The van der Waals surface area contributed by atoms with Gasteiger partial charge in [-0.05, 0) is 19.1 Å². The van der Waals surface area contributed by atoms with Crippen LogP contribution in [0.1, 0.15) is 31.2 Å². The maximum Gasteiger partial charge on any atom is 0.254 e. The van der Waals surface area contributed by atoms with Crippen LogP contribution in [0.2, 0.25) is 0 Å². The molecule has 0 aliphatic heterocycles. The summed E-state index contributed by atoms with van der Waals surface area (Å²) in [6.07, 6.45) is 1.66. The van der Waals surface area contributed by atoms with Crippen LogP contribution in [-0.2, 0) is 0 Å². The summed E-state index contributed by atoms with van der Waals surface area (Å²) in [6.45, 7) is 5.69. The summed E-state index contributed by atoms with van der Waals surface area (Å²) in [6, 6.07) is 3.59. The number of hydrogen-bond acceptors (Lipinski definition) is 4. The van der Waals surface area contributed by atoms with Gasteiger partial charge in [-0.2, -0.15) is 0 Å². The molecule has 0 atom stereocenters. The van der Waals surface area contributed by atoms with Gasteiger partial charge in [0.1, 0.15) is 23.0 Å². The maximum absolute atomic E-state index is 12.0. The van der Waals surface area contributed by atoms with Crippen molar-refractivity contribution in [3.63, 3.8) is 0 Å². The van der Waals surface area contributed by atoms with Gasteiger partial charge in [-0.3, -0.25) is 9.78 Å². The molecule has 5 nitrogen and oxygen atoms in total. The van der Waals surface area contributed by atoms with Crippen molar-refractivity contribution in [2.24, 2.45) is 0 Å². The molecule has 100 valence electrons. The summed E-state index contributed by atoms with van der Waals surface area (Å²) >= 11 is 0. The third-order valence-electron chi connectivity index (χ3n) is 2.93. The van der Waals surface area contributed by atoms with Crippen molar-refractivity contribution in [1.29, 1.82) is 0 Å². The predicted octanol–water partition coefficient (Wildman–Crippen LogP) is 2.27. The number of aromatic amines is 1. The average Bonchev–Trinajstić information content (AvgIpc) is 2.41. The molecule has 0 aliphatic carbocycles. The topological polar surface area (TPSA) is 67.9 Å². The van der Waals surface area contributed by atoms with E-state index in [1.165, 1.54) is 0 Å². The Kier molecular flexibility index (Phi) is 3.64. The summed E-state index contributed by atoms with van der Waals surface area (Å²) in [4.78, 5) is 23.6. The van der Waals surface area contributed by atoms with E-state index in [4.69, 9.17) is 4.74 Å². The molecule has 0 spiro atoms. The molecule has 0 radical (unpaired) electrons. The van der Waals surface area contributed by atoms with Gasteiger partial charge in [0.15, 0.2) is 0 Å². The Morgan fingerprint density at radius 3 is 2.68 bits per heavy atom. The molecule has 0 bridgehead atoms. The van der Waals surface area contributed by atoms with E-state index in [1.807, 2.05) is 13.8 Å². The number of ether oxygens (including phenoxy) is 1. The molecule has 0 amide bonds. The van der Waals surface area contributed by atoms with Gasteiger partial charge in [0.25, 0.3) is 5.56 Å². The van der Waals surface area contributed by atoms with E-state index in [9.17, 15) is 4.79 Å². The molecule has 0 aromatic carbocycles. The van der Waals surface area contributed by atoms with Crippen LogP contribution in [0.3, 0.4) is 0 Å². The number of hydrogen-bond donors (Lipinski definition) is 1. The molecule has 0 fully saturated rings. The maximum atomic E-state index is 12.0. The predicted molar refractivity (Wildman–Crippen MR) is 73.5 cm³/mol. The monoisotopic (exact) mass is 259 g/mol. The Balaban J connectivity index is 2.71. The normalized spacial score (nSPS) is 10.8. The molecule has 5 heteroatoms. The lowest BCUT2D eigenvalue weighted by molar-refractivity contribution is 0.414. The number of nitrogens with one attached hydrogen (secondary N) is 1. The van der Waals surface area contributed by atoms with Crippen LogP contribution in [0.25, 0.3) is 11.4 Å². The second kappa shape index (κ2) is 5.22. The minimum Gasteiger partial charge on any atom is -0.494 e. The smallest absolute Gasteiger partial charge is 0.254 e. The Morgan fingerprint density at radius 1 is 1.32 bits per heavy atom. The van der Waals surface area contributed by atoms with Gasteiger partial charge in [0.2, 0.25) is 0 Å². The molecule has 0 unspecified atom stereocenters. The number of nitrogens with zero attached hydrogens (tertiary/aromatic N) is 2. The summed E-state index contributed by atoms with van der Waals surface area (Å²) in [5, 5.41) is 0. The van der Waals surface area contributed by atoms with Gasteiger partial charge < -0.3 is 9.72 Å². The first-order valence-electron chi connectivity index (χ1n) is 6.14. The van der Waals surface area contributed by atoms with Gasteiger partial charge in [-0.25, -0.2) is 4.98 Å². The van der Waals surface area contributed by atoms with Crippen LogP contribution in [0.5, 0.6) is 5.75 Å². The standard InChI is InChI=1S/C14H17N3O2/c1-8(2)13-16-11(9(3)14(18)17-13)12-10(19-4)6-5-7-15-12/h5-8H,1-4H3,(H,16,17,18). The van der Waals surface area contributed by atoms with Crippen LogP contribution in [0, 0.1) is 6.92 Å². The van der Waals surface area contributed by atoms with E-state index in [2.05, 4.69) is 15.0 Å². The van der Waals surface area contributed by atoms with Crippen LogP contribution < -0.4 is 10.3 Å². The second-order valence-corrected chi connectivity index (χ2v) is 4.63. The lowest BCUT2D eigenvalue weighted by Crippen LogP contribution is -2.17. The molecule has 2 heterocycles. The van der Waals surface area contributed by atoms with E-state index < -0.39 is 0 Å². The first kappa shape index (κ1) is 13.3. The highest BCUT2D eigenvalue weighted by atomic mass is 16.5. The van der Waals surface area contributed by atoms with Crippen molar-refractivity contribution in [1.82, 2.24) is 15.0 Å². The fourth-order valence-electron chi connectivity index (χ4n) is 1.79. The molecule has 19 heavy (non-hydrogen) atoms. The minimum absolute atomic E-state index is 0.138. The van der Waals surface area contributed by atoms with Crippen LogP contribution >= 0.6 is 0 Å². The van der Waals surface area contributed by atoms with Crippen molar-refractivity contribution in [2.45, 2.75) is 26.7 Å². The van der Waals surface area contributed by atoms with E-state index >= 15 is 0 Å². The van der Waals surface area contributed by atoms with Gasteiger partial charge in [0, 0.05) is 17.7 Å². The van der Waals surface area contributed by atoms with Crippen molar-refractivity contribution >= 4 is 0 Å². The van der Waals surface area contributed by atoms with Gasteiger partial charge in [-0.1, -0.05) is 13.8 Å². The number of pyridine rings is 1. The molecule has 1 N–H and O–H groups in total. The lowest BCUT2D eigenvalue weighted by Gasteiger charge is -2.11. The molecule has 0 aliphatic rings. The quantitative estimate of drug-likeness (QED) is 0.918. The molecule has 2 aromatic rings. The van der Waals surface area contributed by atoms with Crippen LogP contribution in [0.4, 0.5) is 0 Å². The minimum atomic E-state index is -0.138. The molecular formula is C14H17N3O2. The first-order valence-corrected chi connectivity index (χ1v) is 6.14. The lowest BCUT2D eigenvalue weighted by atomic mass is 10.1. The van der Waals surface area contributed by atoms with E-state index in [-0.39, 0.29) is 11.5 Å². The Labute approximate surface area is 111 Å². The summed E-state index contributed by atoms with van der Waals surface area (Å²) in [5.41, 5.74) is 1.57. The third-order valence-corrected chi connectivity index (χ3v) is 2.93. The largest absolute Gasteiger partial charge is 0.494 e. The van der Waals surface area contributed by atoms with E-state index in [1.54, 1.807) is 32.4 Å². The Hall–Kier alpha value is -2.17. The summed E-state index contributed by atoms with van der Waals surface area (Å²) in [5.74, 6) is 1.40. The second-order valence-electron chi connectivity index (χ2n) is 4.63. The van der Waals surface area contributed by atoms with Crippen molar-refractivity contribution in [3.8, 4) is 17.1 Å². The molecule has 0 saturated heterocycles. The zero-order valence-electron chi connectivity index (χ0n) is 11.5. The van der Waals surface area contributed by atoms with Gasteiger partial charge in [-0.15, -0.1) is 0 Å². The van der Waals surface area contributed by atoms with Crippen molar-refractivity contribution in [3.05, 3.63) is 40.1 Å². The van der Waals surface area contributed by atoms with Crippen LogP contribution in [0.15, 0.2) is 23.1 Å². The highest BCUT2D eigenvalue weighted by Crippen LogP contribution is 2.27. The molecular weight excluding hydrogens is 242 g/mol. The SMILES string of the molecule is COc1cccnc1-c1nc(C(C)C)[nH]c(=O)c1C. The zero-order valence-corrected chi connectivity index (χ0v) is 11.5. The number of methoxy groups -OCH3 is 1. The Morgan fingerprint density at radius 2 is 2.05 bits per heavy atom. The number of aromatic nitrogens is 3. The van der Waals surface area contributed by atoms with Crippen molar-refractivity contribution < 1.29 is 4.74 Å². The van der Waals surface area contributed by atoms with Crippen LogP contribution in [-0.4, -0.2) is 22.1 Å². The highest BCUT2D eigenvalue weighted by molar-refractivity contribution is 5.65. The van der Waals surface area contributed by atoms with Crippen molar-refractivity contribution in [2.75, 3.05) is 7.11 Å². The number of rotatable bonds is 3. The third kappa shape index (κ3) is 2.50.